The molecule has 0 aromatic heterocycles. The van der Waals surface area contributed by atoms with E-state index in [1.165, 1.54) is 12.0 Å². The summed E-state index contributed by atoms with van der Waals surface area (Å²) in [4.78, 5) is 42.8. The first kappa shape index (κ1) is 18.5. The maximum Gasteiger partial charge on any atom is 0.332 e. The highest BCUT2D eigenvalue weighted by Crippen LogP contribution is 2.30. The van der Waals surface area contributed by atoms with Crippen molar-refractivity contribution in [1.29, 1.82) is 5.26 Å². The van der Waals surface area contributed by atoms with Crippen molar-refractivity contribution in [3.05, 3.63) is 59.7 Å². The predicted octanol–water partition coefficient (Wildman–Crippen LogP) is 1.86. The summed E-state index contributed by atoms with van der Waals surface area (Å²) in [6.07, 6.45) is 0. The molecular formula is C21H18N4O4. The molecule has 146 valence electrons. The second-order valence-electron chi connectivity index (χ2n) is 6.81. The molecule has 8 heteroatoms. The van der Waals surface area contributed by atoms with Crippen molar-refractivity contribution in [3.63, 3.8) is 0 Å². The third-order valence-electron chi connectivity index (χ3n) is 5.18. The number of carbonyl (C=O) groups is 3. The Labute approximate surface area is 167 Å². The molecule has 0 saturated carbocycles. The molecule has 2 heterocycles. The van der Waals surface area contributed by atoms with Gasteiger partial charge in [0.25, 0.3) is 11.8 Å². The molecule has 0 unspecified atom stereocenters. The topological polar surface area (TPSA) is 93.9 Å². The first-order valence-corrected chi connectivity index (χ1v) is 9.11. The number of benzene rings is 2. The third-order valence-corrected chi connectivity index (χ3v) is 5.18. The molecule has 4 amide bonds. The van der Waals surface area contributed by atoms with Gasteiger partial charge in [-0.1, -0.05) is 6.07 Å². The van der Waals surface area contributed by atoms with E-state index in [1.54, 1.807) is 53.4 Å². The summed E-state index contributed by atoms with van der Waals surface area (Å²) < 4.78 is 5.18. The maximum atomic E-state index is 13.0. The Hall–Kier alpha value is -3.86. The molecule has 0 spiro atoms. The van der Waals surface area contributed by atoms with E-state index < -0.39 is 12.1 Å². The molecule has 0 radical (unpaired) electrons. The van der Waals surface area contributed by atoms with Gasteiger partial charge in [-0.25, -0.2) is 9.69 Å². The summed E-state index contributed by atoms with van der Waals surface area (Å²) in [6, 6.07) is 14.0. The van der Waals surface area contributed by atoms with Gasteiger partial charge in [-0.05, 0) is 36.4 Å². The summed E-state index contributed by atoms with van der Waals surface area (Å²) >= 11 is 0. The zero-order valence-corrected chi connectivity index (χ0v) is 15.7. The quantitative estimate of drug-likeness (QED) is 0.746. The molecule has 0 N–H and O–H groups in total. The number of rotatable bonds is 3. The molecule has 2 aliphatic heterocycles. The molecule has 2 aliphatic rings. The van der Waals surface area contributed by atoms with Crippen molar-refractivity contribution in [2.75, 3.05) is 31.6 Å². The molecule has 29 heavy (non-hydrogen) atoms. The van der Waals surface area contributed by atoms with Crippen LogP contribution < -0.4 is 9.64 Å². The largest absolute Gasteiger partial charge is 0.497 e. The first-order valence-electron chi connectivity index (χ1n) is 9.11. The fourth-order valence-corrected chi connectivity index (χ4v) is 3.64. The van der Waals surface area contributed by atoms with E-state index in [-0.39, 0.29) is 24.9 Å². The highest BCUT2D eigenvalue weighted by Gasteiger charge is 2.49. The Morgan fingerprint density at radius 3 is 2.59 bits per heavy atom. The van der Waals surface area contributed by atoms with Crippen molar-refractivity contribution < 1.29 is 19.1 Å². The van der Waals surface area contributed by atoms with Gasteiger partial charge in [0.05, 0.1) is 31.0 Å². The van der Waals surface area contributed by atoms with Crippen LogP contribution in [0.4, 0.5) is 10.5 Å². The van der Waals surface area contributed by atoms with Crippen LogP contribution in [0.1, 0.15) is 15.9 Å². The summed E-state index contributed by atoms with van der Waals surface area (Å²) in [5.74, 6) is -0.0413. The Morgan fingerprint density at radius 1 is 1.14 bits per heavy atom. The molecule has 2 aromatic rings. The molecular weight excluding hydrogens is 372 g/mol. The summed E-state index contributed by atoms with van der Waals surface area (Å²) in [5.41, 5.74) is 1.36. The number of anilines is 1. The smallest absolute Gasteiger partial charge is 0.332 e. The van der Waals surface area contributed by atoms with Crippen LogP contribution >= 0.6 is 0 Å². The Kier molecular flexibility index (Phi) is 4.64. The van der Waals surface area contributed by atoms with E-state index in [4.69, 9.17) is 10.00 Å². The average molecular weight is 390 g/mol. The number of amides is 4. The first-order chi connectivity index (χ1) is 14.0. The van der Waals surface area contributed by atoms with Gasteiger partial charge in [0, 0.05) is 24.7 Å². The molecule has 0 aliphatic carbocycles. The van der Waals surface area contributed by atoms with E-state index in [0.717, 1.165) is 4.90 Å². The van der Waals surface area contributed by atoms with Crippen LogP contribution in [0.5, 0.6) is 5.75 Å². The average Bonchev–Trinajstić information content (AvgIpc) is 3.03. The number of nitriles is 1. The van der Waals surface area contributed by atoms with Crippen molar-refractivity contribution in [2.24, 2.45) is 0 Å². The van der Waals surface area contributed by atoms with Crippen molar-refractivity contribution in [3.8, 4) is 11.8 Å². The van der Waals surface area contributed by atoms with Crippen LogP contribution in [0.15, 0.2) is 48.5 Å². The van der Waals surface area contributed by atoms with Gasteiger partial charge in [-0.15, -0.1) is 0 Å². The van der Waals surface area contributed by atoms with Gasteiger partial charge in [0.2, 0.25) is 0 Å². The summed E-state index contributed by atoms with van der Waals surface area (Å²) in [7, 11) is 1.52. The van der Waals surface area contributed by atoms with E-state index in [2.05, 4.69) is 0 Å². The minimum Gasteiger partial charge on any atom is -0.497 e. The van der Waals surface area contributed by atoms with Gasteiger partial charge in [0.1, 0.15) is 11.8 Å². The number of nitrogens with zero attached hydrogens (tertiary/aromatic N) is 4. The third kappa shape index (κ3) is 3.17. The monoisotopic (exact) mass is 390 g/mol. The molecule has 2 aromatic carbocycles. The number of ether oxygens (including phenoxy) is 1. The van der Waals surface area contributed by atoms with Crippen molar-refractivity contribution >= 4 is 23.5 Å². The van der Waals surface area contributed by atoms with Crippen molar-refractivity contribution in [1.82, 2.24) is 9.80 Å². The lowest BCUT2D eigenvalue weighted by Crippen LogP contribution is -2.54. The second-order valence-corrected chi connectivity index (χ2v) is 6.81. The second kappa shape index (κ2) is 7.28. The number of hydrogen-bond donors (Lipinski definition) is 0. The summed E-state index contributed by atoms with van der Waals surface area (Å²) in [6.45, 7) is 0.738. The van der Waals surface area contributed by atoms with E-state index >= 15 is 0 Å². The lowest BCUT2D eigenvalue weighted by atomic mass is 10.1. The number of methoxy groups -OCH3 is 1. The van der Waals surface area contributed by atoms with Crippen LogP contribution in [0, 0.1) is 11.3 Å². The minimum atomic E-state index is -0.718. The SMILES string of the molecule is COc1cccc(N2C(=O)[C@H]3CN(C(=O)c4ccc(C#N)cc4)CCN3C2=O)c1. The van der Waals surface area contributed by atoms with Crippen LogP contribution in [0.25, 0.3) is 0 Å². The fraction of sp³-hybridized carbons (Fsp3) is 0.238. The van der Waals surface area contributed by atoms with Gasteiger partial charge in [0.15, 0.2) is 0 Å². The molecule has 4 rings (SSSR count). The molecule has 1 atom stereocenters. The lowest BCUT2D eigenvalue weighted by molar-refractivity contribution is -0.120. The highest BCUT2D eigenvalue weighted by molar-refractivity contribution is 6.21. The predicted molar refractivity (Wildman–Crippen MR) is 103 cm³/mol. The number of piperazine rings is 1. The van der Waals surface area contributed by atoms with Crippen LogP contribution in [-0.2, 0) is 4.79 Å². The zero-order chi connectivity index (χ0) is 20.5. The van der Waals surface area contributed by atoms with E-state index in [1.807, 2.05) is 6.07 Å². The molecule has 0 bridgehead atoms. The number of carbonyl (C=O) groups excluding carboxylic acids is 3. The van der Waals surface area contributed by atoms with Gasteiger partial charge < -0.3 is 14.5 Å². The Morgan fingerprint density at radius 2 is 1.90 bits per heavy atom. The van der Waals surface area contributed by atoms with Crippen molar-refractivity contribution in [2.45, 2.75) is 6.04 Å². The maximum absolute atomic E-state index is 13.0. The number of fused-ring (bicyclic) bond motifs is 1. The van der Waals surface area contributed by atoms with Crippen LogP contribution in [-0.4, -0.2) is 60.4 Å². The lowest BCUT2D eigenvalue weighted by Gasteiger charge is -2.35. The number of urea groups is 1. The Balaban J connectivity index is 1.54. The normalized spacial score (nSPS) is 18.5. The molecule has 8 nitrogen and oxygen atoms in total. The standard InChI is InChI=1S/C21H18N4O4/c1-29-17-4-2-3-16(11-17)25-20(27)18-13-23(9-10-24(18)21(25)28)19(26)15-7-5-14(12-22)6-8-15/h2-8,11,18H,9-10,13H2,1H3/t18-/m1/s1. The van der Waals surface area contributed by atoms with Gasteiger partial charge in [-0.3, -0.25) is 9.59 Å². The fourth-order valence-electron chi connectivity index (χ4n) is 3.64. The van der Waals surface area contributed by atoms with Crippen LogP contribution in [0.3, 0.4) is 0 Å². The highest BCUT2D eigenvalue weighted by atomic mass is 16.5. The molecule has 2 saturated heterocycles. The number of imide groups is 1. The zero-order valence-electron chi connectivity index (χ0n) is 15.7. The van der Waals surface area contributed by atoms with Gasteiger partial charge in [-0.2, -0.15) is 5.26 Å². The Bertz CT molecular complexity index is 1030. The van der Waals surface area contributed by atoms with Crippen LogP contribution in [0.2, 0.25) is 0 Å². The molecule has 2 fully saturated rings. The number of hydrogen-bond acceptors (Lipinski definition) is 5. The van der Waals surface area contributed by atoms with E-state index in [0.29, 0.717) is 29.1 Å². The van der Waals surface area contributed by atoms with Gasteiger partial charge >= 0.3 is 6.03 Å². The van der Waals surface area contributed by atoms with E-state index in [9.17, 15) is 14.4 Å². The minimum absolute atomic E-state index is 0.129. The summed E-state index contributed by atoms with van der Waals surface area (Å²) in [5, 5.41) is 8.89.